The molecular weight excluding hydrogens is 650 g/mol. The number of allylic oxidation sites excluding steroid dienone is 1. The van der Waals surface area contributed by atoms with E-state index >= 15 is 0 Å². The summed E-state index contributed by atoms with van der Waals surface area (Å²) in [5, 5.41) is 7.99. The molecule has 278 valence electrons. The lowest BCUT2D eigenvalue weighted by Gasteiger charge is -2.37. The number of carbonyl (C=O) groups is 5. The first-order valence-electron chi connectivity index (χ1n) is 17.5. The van der Waals surface area contributed by atoms with E-state index in [-0.39, 0.29) is 42.0 Å². The van der Waals surface area contributed by atoms with Gasteiger partial charge in [-0.1, -0.05) is 39.2 Å². The zero-order valence-corrected chi connectivity index (χ0v) is 31.7. The van der Waals surface area contributed by atoms with Gasteiger partial charge in [0, 0.05) is 25.7 Å². The predicted octanol–water partition coefficient (Wildman–Crippen LogP) is 3.14. The third kappa shape index (κ3) is 10.0. The van der Waals surface area contributed by atoms with E-state index < -0.39 is 68.7 Å². The normalized spacial score (nSPS) is 23.6. The average Bonchev–Trinajstić information content (AvgIpc) is 3.31. The van der Waals surface area contributed by atoms with Crippen LogP contribution >= 0.6 is 0 Å². The van der Waals surface area contributed by atoms with Gasteiger partial charge in [0.05, 0.1) is 11.8 Å². The Kier molecular flexibility index (Phi) is 12.8. The number of hydrogen-bond acceptors (Lipinski definition) is 8. The summed E-state index contributed by atoms with van der Waals surface area (Å²) in [5.41, 5.74) is -1.64. The maximum absolute atomic E-state index is 14.3. The summed E-state index contributed by atoms with van der Waals surface area (Å²) < 4.78 is 32.1. The number of carbonyl (C=O) groups excluding carboxylic acids is 5. The molecule has 1 saturated heterocycles. The molecule has 3 fully saturated rings. The van der Waals surface area contributed by atoms with Crippen molar-refractivity contribution in [2.45, 2.75) is 130 Å². The topological polar surface area (TPSA) is 171 Å². The Morgan fingerprint density at radius 2 is 1.63 bits per heavy atom. The fraction of sp³-hybridized carbons (Fsp3) is 0.800. The summed E-state index contributed by atoms with van der Waals surface area (Å²) >= 11 is 0. The smallest absolute Gasteiger partial charge is 0.408 e. The summed E-state index contributed by atoms with van der Waals surface area (Å²) in [4.78, 5) is 69.2. The Hall–Kier alpha value is -3.00. The van der Waals surface area contributed by atoms with Crippen molar-refractivity contribution in [3.63, 3.8) is 0 Å². The number of hydrogen-bond donors (Lipinski definition) is 3. The van der Waals surface area contributed by atoms with Crippen LogP contribution in [-0.2, 0) is 33.9 Å². The standard InChI is InChI=1S/C35H59N5O8S/c1-11-12-18-24(28(41)30(43)36-19-20-49(46,47)39(10)33(2,3)4)37-29(42)27-25-23(35(25,8)9)21-40(27)31(44)26(22-16-14-13-15-17-22)38-32(45)48-34(5,6)7/h11,22-27H,1,12-21H2,2-10H3,(H,36,43)(H,37,42)(H,38,45)/t23-,24?,25-,26-,27-/m0/s1. The Morgan fingerprint density at radius 3 is 2.18 bits per heavy atom. The molecule has 5 atom stereocenters. The van der Waals surface area contributed by atoms with Crippen molar-refractivity contribution in [3.8, 4) is 0 Å². The Balaban J connectivity index is 1.79. The highest BCUT2D eigenvalue weighted by Crippen LogP contribution is 2.65. The first-order chi connectivity index (χ1) is 22.5. The van der Waals surface area contributed by atoms with Gasteiger partial charge in [-0.2, -0.15) is 4.31 Å². The SMILES string of the molecule is C=CCCC(NC(=O)[C@@H]1[C@@H]2[C@H](CN1C(=O)[C@@H](NC(=O)OC(C)(C)C)C1CCCCC1)C2(C)C)C(=O)C(=O)NCCS(=O)(=O)N(C)C(C)(C)C. The molecule has 1 unspecified atom stereocenters. The Bertz CT molecular complexity index is 1380. The van der Waals surface area contributed by atoms with Crippen LogP contribution in [0.2, 0.25) is 0 Å². The third-order valence-electron chi connectivity index (χ3n) is 10.3. The molecule has 1 aliphatic heterocycles. The first-order valence-corrected chi connectivity index (χ1v) is 19.1. The molecule has 0 aromatic heterocycles. The predicted molar refractivity (Wildman–Crippen MR) is 187 cm³/mol. The molecule has 4 amide bonds. The van der Waals surface area contributed by atoms with E-state index in [4.69, 9.17) is 4.74 Å². The number of ketones is 1. The molecule has 0 aromatic carbocycles. The van der Waals surface area contributed by atoms with Crippen molar-refractivity contribution in [1.82, 2.24) is 25.2 Å². The second kappa shape index (κ2) is 15.5. The number of alkyl carbamates (subject to hydrolysis) is 1. The van der Waals surface area contributed by atoms with E-state index in [1.807, 2.05) is 13.8 Å². The second-order valence-electron chi connectivity index (χ2n) is 16.4. The lowest BCUT2D eigenvalue weighted by molar-refractivity contribution is -0.145. The summed E-state index contributed by atoms with van der Waals surface area (Å²) in [6, 6.07) is -2.99. The van der Waals surface area contributed by atoms with Crippen LogP contribution in [0.3, 0.4) is 0 Å². The van der Waals surface area contributed by atoms with Crippen LogP contribution in [-0.4, -0.2) is 102 Å². The minimum absolute atomic E-state index is 0.0551. The van der Waals surface area contributed by atoms with Gasteiger partial charge in [-0.15, -0.1) is 6.58 Å². The van der Waals surface area contributed by atoms with Gasteiger partial charge in [-0.25, -0.2) is 13.2 Å². The molecule has 13 nitrogen and oxygen atoms in total. The molecule has 14 heteroatoms. The Labute approximate surface area is 292 Å². The van der Waals surface area contributed by atoms with Crippen LogP contribution in [0.5, 0.6) is 0 Å². The average molecular weight is 710 g/mol. The molecule has 1 heterocycles. The van der Waals surface area contributed by atoms with Gasteiger partial charge in [0.2, 0.25) is 27.6 Å². The van der Waals surface area contributed by atoms with Gasteiger partial charge in [-0.05, 0) is 90.4 Å². The van der Waals surface area contributed by atoms with E-state index in [0.717, 1.165) is 32.1 Å². The summed E-state index contributed by atoms with van der Waals surface area (Å²) in [6.07, 6.45) is 5.73. The van der Waals surface area contributed by atoms with Crippen LogP contribution < -0.4 is 16.0 Å². The minimum atomic E-state index is -3.71. The molecular formula is C35H59N5O8S. The summed E-state index contributed by atoms with van der Waals surface area (Å²) in [5.74, 6) is -3.44. The van der Waals surface area contributed by atoms with Crippen molar-refractivity contribution in [2.75, 3.05) is 25.9 Å². The number of ether oxygens (including phenoxy) is 1. The maximum Gasteiger partial charge on any atom is 0.408 e. The van der Waals surface area contributed by atoms with Gasteiger partial charge >= 0.3 is 6.09 Å². The second-order valence-corrected chi connectivity index (χ2v) is 18.5. The summed E-state index contributed by atoms with van der Waals surface area (Å²) in [7, 11) is -2.26. The first kappa shape index (κ1) is 40.4. The van der Waals surface area contributed by atoms with E-state index in [1.54, 1.807) is 47.6 Å². The van der Waals surface area contributed by atoms with Crippen molar-refractivity contribution in [3.05, 3.63) is 12.7 Å². The number of fused-ring (bicyclic) bond motifs is 1. The van der Waals surface area contributed by atoms with Crippen LogP contribution in [0.25, 0.3) is 0 Å². The monoisotopic (exact) mass is 709 g/mol. The van der Waals surface area contributed by atoms with E-state index in [1.165, 1.54) is 16.3 Å². The quantitative estimate of drug-likeness (QED) is 0.182. The highest BCUT2D eigenvalue weighted by molar-refractivity contribution is 7.89. The molecule has 3 aliphatic rings. The van der Waals surface area contributed by atoms with Crippen LogP contribution in [0, 0.1) is 23.2 Å². The molecule has 3 rings (SSSR count). The molecule has 0 aromatic rings. The molecule has 2 saturated carbocycles. The zero-order valence-electron chi connectivity index (χ0n) is 30.9. The lowest BCUT2D eigenvalue weighted by atomic mass is 9.83. The van der Waals surface area contributed by atoms with Crippen molar-refractivity contribution < 1.29 is 37.1 Å². The number of nitrogens with zero attached hydrogens (tertiary/aromatic N) is 2. The number of nitrogens with one attached hydrogen (secondary N) is 3. The molecule has 0 radical (unpaired) electrons. The number of piperidine rings is 1. The maximum atomic E-state index is 14.3. The third-order valence-corrected chi connectivity index (χ3v) is 12.4. The number of amides is 4. The zero-order chi connectivity index (χ0) is 37.1. The molecule has 2 aliphatic carbocycles. The lowest BCUT2D eigenvalue weighted by Crippen LogP contribution is -2.60. The van der Waals surface area contributed by atoms with Crippen molar-refractivity contribution in [2.24, 2.45) is 23.2 Å². The van der Waals surface area contributed by atoms with Gasteiger partial charge in [0.15, 0.2) is 0 Å². The molecule has 0 spiro atoms. The van der Waals surface area contributed by atoms with Gasteiger partial charge in [0.25, 0.3) is 5.91 Å². The number of rotatable bonds is 14. The molecule has 49 heavy (non-hydrogen) atoms. The molecule has 0 bridgehead atoms. The van der Waals surface area contributed by atoms with Crippen LogP contribution in [0.4, 0.5) is 4.79 Å². The van der Waals surface area contributed by atoms with E-state index in [9.17, 15) is 32.4 Å². The minimum Gasteiger partial charge on any atom is -0.444 e. The molecule has 3 N–H and O–H groups in total. The fourth-order valence-electron chi connectivity index (χ4n) is 7.18. The van der Waals surface area contributed by atoms with Crippen LogP contribution in [0.1, 0.15) is 100 Å². The van der Waals surface area contributed by atoms with Crippen LogP contribution in [0.15, 0.2) is 12.7 Å². The number of sulfonamides is 1. The van der Waals surface area contributed by atoms with E-state index in [2.05, 4.69) is 22.5 Å². The van der Waals surface area contributed by atoms with Gasteiger partial charge in [0.1, 0.15) is 17.7 Å². The van der Waals surface area contributed by atoms with E-state index in [0.29, 0.717) is 13.0 Å². The van der Waals surface area contributed by atoms with Gasteiger partial charge < -0.3 is 25.6 Å². The van der Waals surface area contributed by atoms with Gasteiger partial charge in [-0.3, -0.25) is 19.2 Å². The Morgan fingerprint density at radius 1 is 1.02 bits per heavy atom. The highest BCUT2D eigenvalue weighted by Gasteiger charge is 2.69. The fourth-order valence-corrected chi connectivity index (χ4v) is 8.65. The highest BCUT2D eigenvalue weighted by atomic mass is 32.2. The largest absolute Gasteiger partial charge is 0.444 e. The van der Waals surface area contributed by atoms with Crippen molar-refractivity contribution >= 4 is 39.6 Å². The number of Topliss-reactive ketones (excluding diaryl/α,β-unsaturated/α-hetero) is 1. The van der Waals surface area contributed by atoms with Crippen molar-refractivity contribution in [1.29, 1.82) is 0 Å². The number of likely N-dealkylation sites (tertiary alicyclic amines) is 1. The summed E-state index contributed by atoms with van der Waals surface area (Å²) in [6.45, 7) is 18.3.